The minimum Gasteiger partial charge on any atom is -0.398 e. The first-order valence-electron chi connectivity index (χ1n) is 3.69. The van der Waals surface area contributed by atoms with E-state index in [1.807, 2.05) is 12.1 Å². The van der Waals surface area contributed by atoms with Crippen molar-refractivity contribution in [1.29, 1.82) is 5.26 Å². The highest BCUT2D eigenvalue weighted by molar-refractivity contribution is 7.22. The molecule has 0 atom stereocenters. The molecule has 0 aliphatic carbocycles. The number of thiophene rings is 1. The second kappa shape index (κ2) is 2.64. The van der Waals surface area contributed by atoms with Crippen LogP contribution >= 0.6 is 11.3 Å². The van der Waals surface area contributed by atoms with Crippen LogP contribution in [-0.2, 0) is 0 Å². The summed E-state index contributed by atoms with van der Waals surface area (Å²) in [5.41, 5.74) is 12.3. The van der Waals surface area contributed by atoms with Crippen LogP contribution in [0.15, 0.2) is 18.2 Å². The highest BCUT2D eigenvalue weighted by atomic mass is 32.1. The number of nitrogen functional groups attached to an aromatic ring is 2. The van der Waals surface area contributed by atoms with Gasteiger partial charge in [-0.3, -0.25) is 0 Å². The van der Waals surface area contributed by atoms with E-state index in [2.05, 4.69) is 0 Å². The van der Waals surface area contributed by atoms with Crippen molar-refractivity contribution in [2.75, 3.05) is 11.5 Å². The maximum absolute atomic E-state index is 8.73. The molecule has 0 aliphatic heterocycles. The van der Waals surface area contributed by atoms with Gasteiger partial charge in [0.25, 0.3) is 0 Å². The van der Waals surface area contributed by atoms with E-state index in [1.54, 1.807) is 12.1 Å². The van der Waals surface area contributed by atoms with Gasteiger partial charge in [-0.2, -0.15) is 5.26 Å². The summed E-state index contributed by atoms with van der Waals surface area (Å²) in [5, 5.41) is 10.5. The quantitative estimate of drug-likeness (QED) is 0.622. The Morgan fingerprint density at radius 3 is 2.69 bits per heavy atom. The van der Waals surface area contributed by atoms with Crippen LogP contribution in [0.5, 0.6) is 0 Å². The largest absolute Gasteiger partial charge is 0.398 e. The van der Waals surface area contributed by atoms with E-state index in [0.29, 0.717) is 11.3 Å². The number of anilines is 2. The molecule has 13 heavy (non-hydrogen) atoms. The van der Waals surface area contributed by atoms with E-state index < -0.39 is 0 Å². The molecular weight excluding hydrogens is 182 g/mol. The van der Waals surface area contributed by atoms with E-state index in [4.69, 9.17) is 16.7 Å². The van der Waals surface area contributed by atoms with Crippen LogP contribution in [0.2, 0.25) is 0 Å². The van der Waals surface area contributed by atoms with Crippen molar-refractivity contribution in [2.24, 2.45) is 0 Å². The number of fused-ring (bicyclic) bond motifs is 1. The van der Waals surface area contributed by atoms with Crippen molar-refractivity contribution >= 4 is 32.1 Å². The molecule has 0 aliphatic rings. The molecule has 0 saturated heterocycles. The zero-order valence-electron chi connectivity index (χ0n) is 6.74. The third-order valence-corrected chi connectivity index (χ3v) is 2.75. The molecular formula is C9H7N3S. The van der Waals surface area contributed by atoms with E-state index in [0.717, 1.165) is 15.1 Å². The summed E-state index contributed by atoms with van der Waals surface area (Å²) < 4.78 is 1.00. The number of rotatable bonds is 0. The van der Waals surface area contributed by atoms with Crippen molar-refractivity contribution in [3.63, 3.8) is 0 Å². The van der Waals surface area contributed by atoms with Gasteiger partial charge in [-0.05, 0) is 23.6 Å². The average Bonchev–Trinajstić information content (AvgIpc) is 2.42. The molecule has 0 amide bonds. The molecule has 0 spiro atoms. The first-order chi connectivity index (χ1) is 6.20. The van der Waals surface area contributed by atoms with Gasteiger partial charge in [0.1, 0.15) is 6.07 Å². The highest BCUT2D eigenvalue weighted by Crippen LogP contribution is 2.30. The molecule has 1 aromatic carbocycles. The first-order valence-corrected chi connectivity index (χ1v) is 4.51. The summed E-state index contributed by atoms with van der Waals surface area (Å²) in [7, 11) is 0. The lowest BCUT2D eigenvalue weighted by Crippen LogP contribution is -1.88. The Morgan fingerprint density at radius 1 is 1.23 bits per heavy atom. The van der Waals surface area contributed by atoms with Gasteiger partial charge >= 0.3 is 0 Å². The molecule has 4 heteroatoms. The third kappa shape index (κ3) is 1.19. The maximum Gasteiger partial charge on any atom is 0.101 e. The zero-order chi connectivity index (χ0) is 9.42. The van der Waals surface area contributed by atoms with Gasteiger partial charge in [0.15, 0.2) is 0 Å². The molecule has 0 bridgehead atoms. The van der Waals surface area contributed by atoms with Gasteiger partial charge in [-0.15, -0.1) is 11.3 Å². The Morgan fingerprint density at radius 2 is 2.00 bits per heavy atom. The van der Waals surface area contributed by atoms with Crippen LogP contribution in [-0.4, -0.2) is 0 Å². The lowest BCUT2D eigenvalue weighted by molar-refractivity contribution is 1.50. The number of nitrogens with two attached hydrogens (primary N) is 2. The number of nitriles is 1. The van der Waals surface area contributed by atoms with Crippen molar-refractivity contribution in [3.8, 4) is 6.07 Å². The van der Waals surface area contributed by atoms with E-state index in [-0.39, 0.29) is 0 Å². The van der Waals surface area contributed by atoms with Crippen LogP contribution in [0.3, 0.4) is 0 Å². The smallest absolute Gasteiger partial charge is 0.101 e. The van der Waals surface area contributed by atoms with E-state index in [1.165, 1.54) is 11.3 Å². The molecule has 3 nitrogen and oxygen atoms in total. The second-order valence-corrected chi connectivity index (χ2v) is 3.85. The molecule has 2 rings (SSSR count). The fourth-order valence-corrected chi connectivity index (χ4v) is 2.07. The molecule has 0 unspecified atom stereocenters. The average molecular weight is 189 g/mol. The summed E-state index contributed by atoms with van der Waals surface area (Å²) >= 11 is 1.46. The fraction of sp³-hybridized carbons (Fsp3) is 0. The van der Waals surface area contributed by atoms with Crippen LogP contribution in [0.1, 0.15) is 5.56 Å². The molecule has 64 valence electrons. The first kappa shape index (κ1) is 7.90. The summed E-state index contributed by atoms with van der Waals surface area (Å²) in [4.78, 5) is 0. The number of hydrogen-bond donors (Lipinski definition) is 2. The van der Waals surface area contributed by atoms with Crippen molar-refractivity contribution in [2.45, 2.75) is 0 Å². The maximum atomic E-state index is 8.73. The lowest BCUT2D eigenvalue weighted by atomic mass is 10.1. The van der Waals surface area contributed by atoms with E-state index in [9.17, 15) is 0 Å². The van der Waals surface area contributed by atoms with Crippen molar-refractivity contribution in [3.05, 3.63) is 23.8 Å². The Balaban J connectivity index is 2.82. The predicted octanol–water partition coefficient (Wildman–Crippen LogP) is 1.94. The van der Waals surface area contributed by atoms with Crippen LogP contribution in [0, 0.1) is 11.3 Å². The minimum absolute atomic E-state index is 0.507. The van der Waals surface area contributed by atoms with Gasteiger partial charge in [-0.25, -0.2) is 0 Å². The molecule has 0 fully saturated rings. The highest BCUT2D eigenvalue weighted by Gasteiger charge is 2.03. The monoisotopic (exact) mass is 189 g/mol. The van der Waals surface area contributed by atoms with Gasteiger partial charge in [0.05, 0.1) is 16.3 Å². The van der Waals surface area contributed by atoms with Gasteiger partial charge in [-0.1, -0.05) is 0 Å². The van der Waals surface area contributed by atoms with Crippen molar-refractivity contribution < 1.29 is 0 Å². The number of nitrogens with zero attached hydrogens (tertiary/aromatic N) is 1. The van der Waals surface area contributed by atoms with Crippen LogP contribution in [0.25, 0.3) is 10.1 Å². The summed E-state index contributed by atoms with van der Waals surface area (Å²) in [6, 6.07) is 7.44. The predicted molar refractivity (Wildman–Crippen MR) is 55.4 cm³/mol. The van der Waals surface area contributed by atoms with Crippen LogP contribution in [0.4, 0.5) is 10.7 Å². The Labute approximate surface area is 79.2 Å². The molecule has 2 aromatic rings. The van der Waals surface area contributed by atoms with Crippen molar-refractivity contribution in [1.82, 2.24) is 0 Å². The standard InChI is InChI=1S/C9H7N3S/c10-4-6-2-8-5(1-7(6)11)3-9(12)13-8/h1-3H,11-12H2. The normalized spacial score (nSPS) is 10.1. The lowest BCUT2D eigenvalue weighted by Gasteiger charge is -1.95. The zero-order valence-corrected chi connectivity index (χ0v) is 7.56. The molecule has 0 radical (unpaired) electrons. The number of hydrogen-bond acceptors (Lipinski definition) is 4. The Bertz CT molecular complexity index is 507. The molecule has 1 heterocycles. The Kier molecular flexibility index (Phi) is 1.61. The fourth-order valence-electron chi connectivity index (χ4n) is 1.22. The summed E-state index contributed by atoms with van der Waals surface area (Å²) in [6.45, 7) is 0. The van der Waals surface area contributed by atoms with Crippen LogP contribution < -0.4 is 11.5 Å². The minimum atomic E-state index is 0.507. The number of benzene rings is 1. The molecule has 1 aromatic heterocycles. The van der Waals surface area contributed by atoms with Gasteiger partial charge < -0.3 is 11.5 Å². The topological polar surface area (TPSA) is 75.8 Å². The second-order valence-electron chi connectivity index (χ2n) is 2.74. The Hall–Kier alpha value is -1.73. The molecule has 4 N–H and O–H groups in total. The summed E-state index contributed by atoms with van der Waals surface area (Å²) in [6.07, 6.45) is 0. The third-order valence-electron chi connectivity index (χ3n) is 1.83. The SMILES string of the molecule is N#Cc1cc2sc(N)cc2cc1N. The van der Waals surface area contributed by atoms with Gasteiger partial charge in [0.2, 0.25) is 0 Å². The summed E-state index contributed by atoms with van der Waals surface area (Å²) in [5.74, 6) is 0. The molecule has 0 saturated carbocycles. The van der Waals surface area contributed by atoms with E-state index >= 15 is 0 Å². The van der Waals surface area contributed by atoms with Gasteiger partial charge in [0, 0.05) is 4.70 Å².